The third-order valence-corrected chi connectivity index (χ3v) is 6.58. The fraction of sp³-hybridized carbons (Fsp3) is 0.267. The average Bonchev–Trinajstić information content (AvgIpc) is 2.93. The van der Waals surface area contributed by atoms with E-state index in [0.717, 1.165) is 5.56 Å². The molecule has 0 fully saturated rings. The summed E-state index contributed by atoms with van der Waals surface area (Å²) >= 11 is 0. The van der Waals surface area contributed by atoms with Crippen LogP contribution < -0.4 is 25.4 Å². The molecule has 5 N–H and O–H groups in total. The molecule has 3 aromatic rings. The standard InChI is InChI=1S/C30H31N3O8/c1-17(34)31-23-13-19-5-10-22(11-6-19)41-27-16-20(7-12-26(27)40-2)15-25(30(38)39)33-29(37)24(32-28(23)36)14-18-3-8-21(35)9-4-18/h3-12,16,23-25,35H,13-15H2,1-2H3,(H,31,34)(H,32,36)(H,33,37)(H,38,39)/t23-,24-,25+/m0/s1. The summed E-state index contributed by atoms with van der Waals surface area (Å²) in [5.41, 5.74) is 1.91. The van der Waals surface area contributed by atoms with Crippen LogP contribution in [0.15, 0.2) is 66.7 Å². The van der Waals surface area contributed by atoms with E-state index >= 15 is 0 Å². The monoisotopic (exact) mass is 561 g/mol. The van der Waals surface area contributed by atoms with Gasteiger partial charge in [0.15, 0.2) is 11.5 Å². The quantitative estimate of drug-likeness (QED) is 0.316. The van der Waals surface area contributed by atoms with Crippen LogP contribution in [0.25, 0.3) is 0 Å². The van der Waals surface area contributed by atoms with Crippen LogP contribution in [-0.2, 0) is 38.4 Å². The molecule has 0 spiro atoms. The first-order valence-electron chi connectivity index (χ1n) is 12.9. The number of aliphatic carboxylic acids is 1. The number of fused-ring (bicyclic) bond motifs is 10. The molecule has 3 amide bonds. The van der Waals surface area contributed by atoms with Crippen molar-refractivity contribution in [1.29, 1.82) is 0 Å². The number of phenolic OH excluding ortho intramolecular Hbond substituents is 1. The van der Waals surface area contributed by atoms with E-state index in [1.165, 1.54) is 26.2 Å². The van der Waals surface area contributed by atoms with Crippen LogP contribution in [0.5, 0.6) is 23.0 Å². The third kappa shape index (κ3) is 7.75. The highest BCUT2D eigenvalue weighted by Crippen LogP contribution is 2.33. The molecule has 41 heavy (non-hydrogen) atoms. The van der Waals surface area contributed by atoms with Crippen molar-refractivity contribution in [3.05, 3.63) is 83.4 Å². The van der Waals surface area contributed by atoms with Crippen LogP contribution in [0, 0.1) is 0 Å². The van der Waals surface area contributed by atoms with E-state index in [9.17, 15) is 29.4 Å². The Hall–Kier alpha value is -5.06. The number of carboxylic acids is 1. The van der Waals surface area contributed by atoms with Gasteiger partial charge >= 0.3 is 5.97 Å². The Labute approximate surface area is 236 Å². The molecule has 3 aromatic carbocycles. The Kier molecular flexibility index (Phi) is 9.08. The number of methoxy groups -OCH3 is 1. The molecule has 0 unspecified atom stereocenters. The zero-order chi connectivity index (χ0) is 29.5. The molecule has 0 radical (unpaired) electrons. The van der Waals surface area contributed by atoms with Gasteiger partial charge in [0.1, 0.15) is 29.6 Å². The number of ether oxygens (including phenoxy) is 2. The summed E-state index contributed by atoms with van der Waals surface area (Å²) < 4.78 is 11.4. The molecule has 214 valence electrons. The highest BCUT2D eigenvalue weighted by Gasteiger charge is 2.30. The molecule has 2 aliphatic rings. The summed E-state index contributed by atoms with van der Waals surface area (Å²) in [7, 11) is 1.49. The van der Waals surface area contributed by atoms with Crippen molar-refractivity contribution in [2.45, 2.75) is 44.3 Å². The molecular weight excluding hydrogens is 530 g/mol. The van der Waals surface area contributed by atoms with Crippen LogP contribution in [0.1, 0.15) is 23.6 Å². The Bertz CT molecular complexity index is 1420. The maximum absolute atomic E-state index is 13.5. The summed E-state index contributed by atoms with van der Waals surface area (Å²) in [4.78, 5) is 51.0. The first-order valence-corrected chi connectivity index (χ1v) is 12.9. The first kappa shape index (κ1) is 28.9. The van der Waals surface area contributed by atoms with Gasteiger partial charge in [-0.15, -0.1) is 0 Å². The molecule has 0 aromatic heterocycles. The van der Waals surface area contributed by atoms with Crippen molar-refractivity contribution >= 4 is 23.7 Å². The summed E-state index contributed by atoms with van der Waals surface area (Å²) in [5, 5.41) is 27.4. The topological polar surface area (TPSA) is 163 Å². The molecule has 4 bridgehead atoms. The number of phenols is 1. The Morgan fingerprint density at radius 2 is 1.63 bits per heavy atom. The second-order valence-electron chi connectivity index (χ2n) is 9.72. The normalized spacial score (nSPS) is 19.2. The minimum Gasteiger partial charge on any atom is -0.508 e. The van der Waals surface area contributed by atoms with Gasteiger partial charge in [0.2, 0.25) is 17.7 Å². The van der Waals surface area contributed by atoms with E-state index < -0.39 is 41.8 Å². The number of carbonyl (C=O) groups excluding carboxylic acids is 3. The number of amides is 3. The van der Waals surface area contributed by atoms with E-state index in [1.54, 1.807) is 54.6 Å². The number of carboxylic acid groups (broad SMARTS) is 1. The number of rotatable bonds is 5. The van der Waals surface area contributed by atoms with E-state index in [4.69, 9.17) is 9.47 Å². The summed E-state index contributed by atoms with van der Waals surface area (Å²) in [5.74, 6) is -1.75. The largest absolute Gasteiger partial charge is 0.508 e. The van der Waals surface area contributed by atoms with Gasteiger partial charge in [0.05, 0.1) is 7.11 Å². The van der Waals surface area contributed by atoms with Crippen molar-refractivity contribution in [2.24, 2.45) is 0 Å². The molecule has 5 rings (SSSR count). The third-order valence-electron chi connectivity index (χ3n) is 6.58. The van der Waals surface area contributed by atoms with E-state index in [0.29, 0.717) is 28.4 Å². The summed E-state index contributed by atoms with van der Waals surface area (Å²) in [6, 6.07) is 14.5. The molecule has 0 saturated heterocycles. The maximum atomic E-state index is 13.5. The number of benzene rings is 3. The fourth-order valence-corrected chi connectivity index (χ4v) is 4.50. The predicted octanol–water partition coefficient (Wildman–Crippen LogP) is 2.09. The molecule has 3 atom stereocenters. The molecular formula is C30H31N3O8. The van der Waals surface area contributed by atoms with Gasteiger partial charge < -0.3 is 35.6 Å². The van der Waals surface area contributed by atoms with Crippen LogP contribution >= 0.6 is 0 Å². The highest BCUT2D eigenvalue weighted by molar-refractivity contribution is 5.93. The van der Waals surface area contributed by atoms with Gasteiger partial charge in [-0.1, -0.05) is 30.3 Å². The number of nitrogens with one attached hydrogen (secondary N) is 3. The predicted molar refractivity (Wildman–Crippen MR) is 148 cm³/mol. The zero-order valence-corrected chi connectivity index (χ0v) is 22.5. The molecule has 2 aliphatic heterocycles. The first-order chi connectivity index (χ1) is 19.6. The van der Waals surface area contributed by atoms with Crippen molar-refractivity contribution in [3.63, 3.8) is 0 Å². The number of hydrogen-bond donors (Lipinski definition) is 5. The van der Waals surface area contributed by atoms with Crippen LogP contribution in [0.2, 0.25) is 0 Å². The van der Waals surface area contributed by atoms with Crippen LogP contribution in [0.4, 0.5) is 0 Å². The average molecular weight is 562 g/mol. The summed E-state index contributed by atoms with van der Waals surface area (Å²) in [6.07, 6.45) is 0.0523. The molecule has 11 nitrogen and oxygen atoms in total. The van der Waals surface area contributed by atoms with Crippen LogP contribution in [0.3, 0.4) is 0 Å². The van der Waals surface area contributed by atoms with Gasteiger partial charge in [-0.3, -0.25) is 14.4 Å². The van der Waals surface area contributed by atoms with Gasteiger partial charge in [0, 0.05) is 26.2 Å². The Morgan fingerprint density at radius 3 is 2.27 bits per heavy atom. The van der Waals surface area contributed by atoms with Gasteiger partial charge in [0.25, 0.3) is 0 Å². The van der Waals surface area contributed by atoms with E-state index in [2.05, 4.69) is 16.0 Å². The number of carbonyl (C=O) groups is 4. The minimum atomic E-state index is -1.33. The lowest BCUT2D eigenvalue weighted by Crippen LogP contribution is -2.57. The molecule has 0 saturated carbocycles. The summed E-state index contributed by atoms with van der Waals surface area (Å²) in [6.45, 7) is 1.28. The lowest BCUT2D eigenvalue weighted by Gasteiger charge is -2.24. The van der Waals surface area contributed by atoms with Crippen molar-refractivity contribution < 1.29 is 38.9 Å². The maximum Gasteiger partial charge on any atom is 0.326 e. The van der Waals surface area contributed by atoms with E-state index in [1.807, 2.05) is 0 Å². The van der Waals surface area contributed by atoms with Crippen molar-refractivity contribution in [2.75, 3.05) is 7.11 Å². The molecule has 2 heterocycles. The van der Waals surface area contributed by atoms with Gasteiger partial charge in [-0.25, -0.2) is 4.79 Å². The number of hydrogen-bond acceptors (Lipinski definition) is 7. The second-order valence-corrected chi connectivity index (χ2v) is 9.72. The highest BCUT2D eigenvalue weighted by atomic mass is 16.5. The molecule has 0 aliphatic carbocycles. The van der Waals surface area contributed by atoms with Crippen LogP contribution in [-0.4, -0.2) is 59.1 Å². The second kappa shape index (κ2) is 12.9. The zero-order valence-electron chi connectivity index (χ0n) is 22.5. The van der Waals surface area contributed by atoms with Crippen molar-refractivity contribution in [3.8, 4) is 23.0 Å². The lowest BCUT2D eigenvalue weighted by molar-refractivity contribution is -0.142. The Balaban J connectivity index is 1.75. The fourth-order valence-electron chi connectivity index (χ4n) is 4.50. The molecule has 11 heteroatoms. The van der Waals surface area contributed by atoms with Gasteiger partial charge in [-0.2, -0.15) is 0 Å². The van der Waals surface area contributed by atoms with Crippen molar-refractivity contribution in [1.82, 2.24) is 16.0 Å². The minimum absolute atomic E-state index is 0.00616. The lowest BCUT2D eigenvalue weighted by atomic mass is 10.0. The number of aromatic hydroxyl groups is 1. The smallest absolute Gasteiger partial charge is 0.326 e. The van der Waals surface area contributed by atoms with E-state index in [-0.39, 0.29) is 25.0 Å². The van der Waals surface area contributed by atoms with Gasteiger partial charge in [-0.05, 0) is 53.1 Å². The Morgan fingerprint density at radius 1 is 0.951 bits per heavy atom. The SMILES string of the molecule is COc1ccc2cc1Oc1ccc(cc1)C[C@H](NC(C)=O)C(=O)N[C@@H](Cc1ccc(O)cc1)C(=O)N[C@@H](C(=O)O)C2.